The Balaban J connectivity index is 1.87. The van der Waals surface area contributed by atoms with Crippen LogP contribution in [0.25, 0.3) is 11.2 Å². The van der Waals surface area contributed by atoms with Crippen LogP contribution in [0.3, 0.4) is 0 Å². The lowest BCUT2D eigenvalue weighted by Gasteiger charge is -2.08. The number of ether oxygens (including phenoxy) is 1. The van der Waals surface area contributed by atoms with E-state index in [2.05, 4.69) is 20.3 Å². The van der Waals surface area contributed by atoms with E-state index in [1.807, 2.05) is 0 Å². The number of H-pyrrole nitrogens is 1. The summed E-state index contributed by atoms with van der Waals surface area (Å²) < 4.78 is 4.97. The highest BCUT2D eigenvalue weighted by atomic mass is 16.5. The second-order valence-corrected chi connectivity index (χ2v) is 4.63. The van der Waals surface area contributed by atoms with Gasteiger partial charge >= 0.3 is 5.97 Å². The van der Waals surface area contributed by atoms with E-state index in [4.69, 9.17) is 9.84 Å². The maximum Gasteiger partial charge on any atom is 0.339 e. The van der Waals surface area contributed by atoms with Crippen LogP contribution < -0.4 is 10.1 Å². The van der Waals surface area contributed by atoms with Gasteiger partial charge in [0.05, 0.1) is 7.11 Å². The smallest absolute Gasteiger partial charge is 0.339 e. The van der Waals surface area contributed by atoms with Gasteiger partial charge in [0.2, 0.25) is 0 Å². The van der Waals surface area contributed by atoms with E-state index in [0.29, 0.717) is 16.9 Å². The van der Waals surface area contributed by atoms with Gasteiger partial charge in [-0.05, 0) is 30.3 Å². The number of benzene rings is 1. The molecular formula is C15H12N4O4. The number of carbonyl (C=O) groups is 2. The maximum atomic E-state index is 12.2. The Morgan fingerprint density at radius 1 is 1.30 bits per heavy atom. The Morgan fingerprint density at radius 3 is 2.83 bits per heavy atom. The number of hydrogen-bond acceptors (Lipinski definition) is 5. The first kappa shape index (κ1) is 14.5. The molecule has 0 spiro atoms. The first-order chi connectivity index (χ1) is 11.1. The van der Waals surface area contributed by atoms with Gasteiger partial charge in [-0.1, -0.05) is 0 Å². The van der Waals surface area contributed by atoms with E-state index in [1.54, 1.807) is 24.4 Å². The molecule has 0 radical (unpaired) electrons. The Bertz CT molecular complexity index is 870. The van der Waals surface area contributed by atoms with Crippen molar-refractivity contribution < 1.29 is 19.4 Å². The normalized spacial score (nSPS) is 10.5. The van der Waals surface area contributed by atoms with Gasteiger partial charge in [0.25, 0.3) is 5.91 Å². The average molecular weight is 312 g/mol. The molecule has 0 fully saturated rings. The molecule has 0 atom stereocenters. The summed E-state index contributed by atoms with van der Waals surface area (Å²) in [5.41, 5.74) is 1.34. The Morgan fingerprint density at radius 2 is 2.13 bits per heavy atom. The highest BCUT2D eigenvalue weighted by Gasteiger charge is 2.15. The van der Waals surface area contributed by atoms with Crippen molar-refractivity contribution in [2.24, 2.45) is 0 Å². The number of methoxy groups -OCH3 is 1. The minimum absolute atomic E-state index is 0.0448. The minimum Gasteiger partial charge on any atom is -0.496 e. The summed E-state index contributed by atoms with van der Waals surface area (Å²) in [5, 5.41) is 11.7. The molecule has 2 aromatic heterocycles. The zero-order valence-electron chi connectivity index (χ0n) is 12.0. The molecule has 3 aromatic rings. The van der Waals surface area contributed by atoms with E-state index in [9.17, 15) is 9.59 Å². The molecule has 116 valence electrons. The van der Waals surface area contributed by atoms with Crippen LogP contribution in [0.5, 0.6) is 5.75 Å². The number of amides is 1. The molecule has 8 heteroatoms. The summed E-state index contributed by atoms with van der Waals surface area (Å²) in [7, 11) is 1.38. The van der Waals surface area contributed by atoms with Crippen LogP contribution in [0, 0.1) is 0 Å². The summed E-state index contributed by atoms with van der Waals surface area (Å²) in [6.45, 7) is 0. The number of carboxylic acid groups (broad SMARTS) is 1. The first-order valence-corrected chi connectivity index (χ1v) is 6.62. The maximum absolute atomic E-state index is 12.2. The molecule has 8 nitrogen and oxygen atoms in total. The number of nitrogens with one attached hydrogen (secondary N) is 2. The number of carbonyl (C=O) groups excluding carboxylic acids is 1. The van der Waals surface area contributed by atoms with Crippen LogP contribution in [-0.2, 0) is 0 Å². The Kier molecular flexibility index (Phi) is 3.63. The third-order valence-corrected chi connectivity index (χ3v) is 3.16. The second kappa shape index (κ2) is 5.76. The van der Waals surface area contributed by atoms with Gasteiger partial charge in [-0.25, -0.2) is 14.8 Å². The molecule has 0 aliphatic heterocycles. The summed E-state index contributed by atoms with van der Waals surface area (Å²) in [4.78, 5) is 34.4. The number of hydrogen-bond donors (Lipinski definition) is 3. The molecular weight excluding hydrogens is 300 g/mol. The fourth-order valence-electron chi connectivity index (χ4n) is 2.09. The van der Waals surface area contributed by atoms with Gasteiger partial charge in [0.15, 0.2) is 11.5 Å². The third kappa shape index (κ3) is 2.82. The predicted octanol–water partition coefficient (Wildman–Crippen LogP) is 1.92. The Hall–Kier alpha value is -3.42. The molecule has 2 heterocycles. The molecule has 0 bridgehead atoms. The molecule has 3 N–H and O–H groups in total. The number of nitrogens with zero attached hydrogens (tertiary/aromatic N) is 2. The van der Waals surface area contributed by atoms with Crippen LogP contribution in [0.2, 0.25) is 0 Å². The van der Waals surface area contributed by atoms with E-state index in [1.165, 1.54) is 19.2 Å². The predicted molar refractivity (Wildman–Crippen MR) is 81.8 cm³/mol. The van der Waals surface area contributed by atoms with Crippen LogP contribution >= 0.6 is 0 Å². The summed E-state index contributed by atoms with van der Waals surface area (Å²) >= 11 is 0. The second-order valence-electron chi connectivity index (χ2n) is 4.63. The van der Waals surface area contributed by atoms with Crippen LogP contribution in [0.1, 0.15) is 21.0 Å². The monoisotopic (exact) mass is 312 g/mol. The van der Waals surface area contributed by atoms with Gasteiger partial charge < -0.3 is 20.1 Å². The van der Waals surface area contributed by atoms with Crippen molar-refractivity contribution in [1.29, 1.82) is 0 Å². The van der Waals surface area contributed by atoms with E-state index >= 15 is 0 Å². The topological polar surface area (TPSA) is 117 Å². The molecule has 0 saturated heterocycles. The number of anilines is 1. The lowest BCUT2D eigenvalue weighted by molar-refractivity contribution is 0.0693. The zero-order valence-corrected chi connectivity index (χ0v) is 12.0. The van der Waals surface area contributed by atoms with Crippen molar-refractivity contribution in [1.82, 2.24) is 15.0 Å². The third-order valence-electron chi connectivity index (χ3n) is 3.16. The number of fused-ring (bicyclic) bond motifs is 1. The Labute approximate surface area is 130 Å². The van der Waals surface area contributed by atoms with E-state index < -0.39 is 11.9 Å². The summed E-state index contributed by atoms with van der Waals surface area (Å²) in [6, 6.07) is 7.78. The van der Waals surface area contributed by atoms with Crippen LogP contribution in [0.15, 0.2) is 36.5 Å². The molecule has 1 aromatic carbocycles. The molecule has 23 heavy (non-hydrogen) atoms. The fourth-order valence-corrected chi connectivity index (χ4v) is 2.09. The SMILES string of the molecule is COc1ccc(NC(=O)c2nc3cccnc3[nH]2)cc1C(=O)O. The van der Waals surface area contributed by atoms with Crippen LogP contribution in [0.4, 0.5) is 5.69 Å². The lowest BCUT2D eigenvalue weighted by atomic mass is 10.1. The van der Waals surface area contributed by atoms with Gasteiger partial charge in [-0.15, -0.1) is 0 Å². The molecule has 0 unspecified atom stereocenters. The quantitative estimate of drug-likeness (QED) is 0.677. The number of aromatic carboxylic acids is 1. The fraction of sp³-hybridized carbons (Fsp3) is 0.0667. The highest BCUT2D eigenvalue weighted by Crippen LogP contribution is 2.23. The average Bonchev–Trinajstić information content (AvgIpc) is 2.99. The van der Waals surface area contributed by atoms with Crippen molar-refractivity contribution in [3.05, 3.63) is 47.9 Å². The van der Waals surface area contributed by atoms with Gasteiger partial charge in [-0.2, -0.15) is 0 Å². The molecule has 0 saturated carbocycles. The zero-order chi connectivity index (χ0) is 16.4. The summed E-state index contributed by atoms with van der Waals surface area (Å²) in [6.07, 6.45) is 1.59. The van der Waals surface area contributed by atoms with Crippen molar-refractivity contribution in [2.45, 2.75) is 0 Å². The molecule has 0 aliphatic rings. The van der Waals surface area contributed by atoms with E-state index in [-0.39, 0.29) is 17.1 Å². The first-order valence-electron chi connectivity index (χ1n) is 6.62. The van der Waals surface area contributed by atoms with Gasteiger partial charge in [0.1, 0.15) is 16.8 Å². The highest BCUT2D eigenvalue weighted by molar-refractivity contribution is 6.04. The number of rotatable bonds is 4. The number of imidazole rings is 1. The lowest BCUT2D eigenvalue weighted by Crippen LogP contribution is -2.14. The summed E-state index contributed by atoms with van der Waals surface area (Å²) in [5.74, 6) is -1.34. The number of aromatic nitrogens is 3. The molecule has 3 rings (SSSR count). The largest absolute Gasteiger partial charge is 0.496 e. The van der Waals surface area contributed by atoms with Crippen molar-refractivity contribution in [2.75, 3.05) is 12.4 Å². The van der Waals surface area contributed by atoms with Crippen molar-refractivity contribution in [3.63, 3.8) is 0 Å². The molecule has 0 aliphatic carbocycles. The van der Waals surface area contributed by atoms with Crippen molar-refractivity contribution in [3.8, 4) is 5.75 Å². The number of pyridine rings is 1. The standard InChI is InChI=1S/C15H12N4O4/c1-23-11-5-4-8(7-9(11)15(21)22)17-14(20)13-18-10-3-2-6-16-12(10)19-13/h2-7H,1H3,(H,17,20)(H,21,22)(H,16,18,19). The van der Waals surface area contributed by atoms with Gasteiger partial charge in [0, 0.05) is 11.9 Å². The van der Waals surface area contributed by atoms with E-state index in [0.717, 1.165) is 0 Å². The van der Waals surface area contributed by atoms with Gasteiger partial charge in [-0.3, -0.25) is 4.79 Å². The molecule has 1 amide bonds. The van der Waals surface area contributed by atoms with Crippen LogP contribution in [-0.4, -0.2) is 39.0 Å². The number of aromatic amines is 1. The van der Waals surface area contributed by atoms with Crippen molar-refractivity contribution >= 4 is 28.7 Å². The number of carboxylic acids is 1. The minimum atomic E-state index is -1.15.